The monoisotopic (exact) mass is 196 g/mol. The molecule has 0 saturated heterocycles. The van der Waals surface area contributed by atoms with Crippen molar-refractivity contribution in [1.29, 1.82) is 0 Å². The lowest BCUT2D eigenvalue weighted by Gasteiger charge is -2.08. The molecule has 14 heavy (non-hydrogen) atoms. The van der Waals surface area contributed by atoms with Crippen LogP contribution in [0.4, 0.5) is 0 Å². The molecule has 0 aliphatic carbocycles. The summed E-state index contributed by atoms with van der Waals surface area (Å²) in [7, 11) is 4.31. The number of hydrogen-bond donors (Lipinski definition) is 0. The summed E-state index contributed by atoms with van der Waals surface area (Å²) in [6.45, 7) is 3.53. The molecule has 0 aliphatic rings. The Morgan fingerprint density at radius 1 is 0.714 bits per heavy atom. The van der Waals surface area contributed by atoms with Crippen LogP contribution in [0.5, 0.6) is 0 Å². The van der Waals surface area contributed by atoms with Gasteiger partial charge in [0.05, 0.1) is 0 Å². The fourth-order valence-corrected chi connectivity index (χ4v) is 1.56. The Morgan fingerprint density at radius 2 is 1.14 bits per heavy atom. The van der Waals surface area contributed by atoms with Gasteiger partial charge < -0.3 is 4.90 Å². The molecule has 0 bridgehead atoms. The molecule has 0 unspecified atom stereocenters. The summed E-state index contributed by atoms with van der Waals surface area (Å²) in [4.78, 5) is 2.27. The topological polar surface area (TPSA) is 3.24 Å². The van der Waals surface area contributed by atoms with Crippen LogP contribution >= 0.6 is 0 Å². The lowest BCUT2D eigenvalue weighted by atomic mass is 10.1. The van der Waals surface area contributed by atoms with Gasteiger partial charge >= 0.3 is 0 Å². The van der Waals surface area contributed by atoms with E-state index in [2.05, 4.69) is 25.9 Å². The molecule has 83 valence electrons. The zero-order valence-corrected chi connectivity index (χ0v) is 10.4. The number of hydrogen-bond acceptors (Lipinski definition) is 1. The Hall–Kier alpha value is 0.0249. The summed E-state index contributed by atoms with van der Waals surface area (Å²) in [5, 5.41) is 0. The average molecular weight is 196 g/mol. The highest BCUT2D eigenvalue weighted by atomic mass is 15.0. The van der Waals surface area contributed by atoms with Crippen LogP contribution in [0.15, 0.2) is 0 Å². The van der Waals surface area contributed by atoms with E-state index in [1.165, 1.54) is 57.9 Å². The normalized spacial score (nSPS) is 10.3. The minimum atomic E-state index is 0. The minimum absolute atomic E-state index is 0. The van der Waals surface area contributed by atoms with E-state index in [1.54, 1.807) is 0 Å². The number of nitrogens with zero attached hydrogens (tertiary/aromatic N) is 1. The summed E-state index contributed by atoms with van der Waals surface area (Å²) in [6, 6.07) is 0. The Labute approximate surface area is 92.8 Å². The van der Waals surface area contributed by atoms with Crippen molar-refractivity contribution in [2.45, 2.75) is 58.3 Å². The molecule has 0 aliphatic heterocycles. The molecule has 0 aromatic heterocycles. The van der Waals surface area contributed by atoms with Gasteiger partial charge in [-0.05, 0) is 27.1 Å². The third-order valence-electron chi connectivity index (χ3n) is 2.46. The fraction of sp³-hybridized carbons (Fsp3) is 1.00. The first kappa shape index (κ1) is 16.5. The van der Waals surface area contributed by atoms with Gasteiger partial charge in [0.25, 0.3) is 0 Å². The predicted molar refractivity (Wildman–Crippen MR) is 66.9 cm³/mol. The Bertz CT molecular complexity index is 94.3. The number of rotatable bonds is 9. The molecule has 0 saturated carbocycles. The van der Waals surface area contributed by atoms with E-state index < -0.39 is 0 Å². The Balaban J connectivity index is 0. The van der Waals surface area contributed by atoms with Crippen molar-refractivity contribution in [1.82, 2.24) is 4.90 Å². The molecule has 3 radical (unpaired) electrons. The molecular formula is C12H27BN. The molecule has 0 rings (SSSR count). The largest absolute Gasteiger partial charge is 0.309 e. The van der Waals surface area contributed by atoms with Crippen molar-refractivity contribution in [3.63, 3.8) is 0 Å². The molecule has 1 nitrogen and oxygen atoms in total. The van der Waals surface area contributed by atoms with Gasteiger partial charge in [0.2, 0.25) is 0 Å². The number of unbranched alkanes of at least 4 members (excludes halogenated alkanes) is 7. The maximum atomic E-state index is 2.27. The van der Waals surface area contributed by atoms with Gasteiger partial charge in [0, 0.05) is 8.41 Å². The van der Waals surface area contributed by atoms with Crippen LogP contribution < -0.4 is 0 Å². The van der Waals surface area contributed by atoms with Crippen molar-refractivity contribution in [2.75, 3.05) is 20.6 Å². The predicted octanol–water partition coefficient (Wildman–Crippen LogP) is 3.31. The third-order valence-corrected chi connectivity index (χ3v) is 2.46. The van der Waals surface area contributed by atoms with Gasteiger partial charge in [-0.25, -0.2) is 0 Å². The van der Waals surface area contributed by atoms with E-state index >= 15 is 0 Å². The molecule has 0 amide bonds. The second-order valence-electron chi connectivity index (χ2n) is 4.28. The van der Waals surface area contributed by atoms with Crippen molar-refractivity contribution in [3.05, 3.63) is 0 Å². The van der Waals surface area contributed by atoms with Crippen molar-refractivity contribution >= 4 is 8.41 Å². The second kappa shape index (κ2) is 13.0. The smallest absolute Gasteiger partial charge is 0 e. The van der Waals surface area contributed by atoms with Gasteiger partial charge in [0.15, 0.2) is 0 Å². The standard InChI is InChI=1S/C12H27N.B/c1-4-5-6-7-8-9-10-11-12-13(2)3;/h4-12H2,1-3H3;. The molecule has 0 aromatic rings. The van der Waals surface area contributed by atoms with E-state index in [9.17, 15) is 0 Å². The Kier molecular flexibility index (Phi) is 15.3. The summed E-state index contributed by atoms with van der Waals surface area (Å²) in [5.74, 6) is 0. The van der Waals surface area contributed by atoms with Crippen molar-refractivity contribution < 1.29 is 0 Å². The van der Waals surface area contributed by atoms with E-state index in [0.717, 1.165) is 0 Å². The van der Waals surface area contributed by atoms with Crippen LogP contribution in [-0.2, 0) is 0 Å². The van der Waals surface area contributed by atoms with Crippen molar-refractivity contribution in [3.8, 4) is 0 Å². The van der Waals surface area contributed by atoms with E-state index in [-0.39, 0.29) is 8.41 Å². The van der Waals surface area contributed by atoms with E-state index in [0.29, 0.717) is 0 Å². The lowest BCUT2D eigenvalue weighted by molar-refractivity contribution is 0.389. The summed E-state index contributed by atoms with van der Waals surface area (Å²) in [5.41, 5.74) is 0. The molecule has 0 atom stereocenters. The fourth-order valence-electron chi connectivity index (χ4n) is 1.56. The molecule has 0 aromatic carbocycles. The first-order valence-electron chi connectivity index (χ1n) is 5.92. The van der Waals surface area contributed by atoms with E-state index in [1.807, 2.05) is 0 Å². The zero-order chi connectivity index (χ0) is 9.94. The minimum Gasteiger partial charge on any atom is -0.309 e. The quantitative estimate of drug-likeness (QED) is 0.404. The second-order valence-corrected chi connectivity index (χ2v) is 4.28. The summed E-state index contributed by atoms with van der Waals surface area (Å²) in [6.07, 6.45) is 11.4. The summed E-state index contributed by atoms with van der Waals surface area (Å²) >= 11 is 0. The molecule has 0 fully saturated rings. The van der Waals surface area contributed by atoms with Gasteiger partial charge in [-0.2, -0.15) is 0 Å². The molecule has 2 heteroatoms. The van der Waals surface area contributed by atoms with Crippen LogP contribution in [-0.4, -0.2) is 34.0 Å². The van der Waals surface area contributed by atoms with Gasteiger partial charge in [0.1, 0.15) is 0 Å². The average Bonchev–Trinajstić information content (AvgIpc) is 2.09. The highest BCUT2D eigenvalue weighted by Gasteiger charge is 1.92. The molecular weight excluding hydrogens is 169 g/mol. The molecule has 0 spiro atoms. The highest BCUT2D eigenvalue weighted by Crippen LogP contribution is 2.08. The van der Waals surface area contributed by atoms with Crippen LogP contribution in [0.1, 0.15) is 58.3 Å². The lowest BCUT2D eigenvalue weighted by Crippen LogP contribution is -2.12. The third kappa shape index (κ3) is 14.5. The summed E-state index contributed by atoms with van der Waals surface area (Å²) < 4.78 is 0. The Morgan fingerprint density at radius 3 is 1.57 bits per heavy atom. The van der Waals surface area contributed by atoms with Crippen LogP contribution in [0.25, 0.3) is 0 Å². The molecule has 0 N–H and O–H groups in total. The first-order valence-corrected chi connectivity index (χ1v) is 5.92. The van der Waals surface area contributed by atoms with E-state index in [4.69, 9.17) is 0 Å². The van der Waals surface area contributed by atoms with Crippen molar-refractivity contribution in [2.24, 2.45) is 0 Å². The highest BCUT2D eigenvalue weighted by molar-refractivity contribution is 5.75. The molecule has 0 heterocycles. The van der Waals surface area contributed by atoms with Gasteiger partial charge in [-0.15, -0.1) is 0 Å². The van der Waals surface area contributed by atoms with Crippen LogP contribution in [0.3, 0.4) is 0 Å². The maximum absolute atomic E-state index is 2.27. The maximum Gasteiger partial charge on any atom is 0 e. The van der Waals surface area contributed by atoms with Crippen LogP contribution in [0.2, 0.25) is 0 Å². The van der Waals surface area contributed by atoms with Gasteiger partial charge in [-0.3, -0.25) is 0 Å². The van der Waals surface area contributed by atoms with Gasteiger partial charge in [-0.1, -0.05) is 51.9 Å². The first-order chi connectivity index (χ1) is 6.27. The zero-order valence-electron chi connectivity index (χ0n) is 10.4. The SMILES string of the molecule is CCCCCCCCCCN(C)C.[B]. The van der Waals surface area contributed by atoms with Crippen LogP contribution in [0, 0.1) is 0 Å².